The zero-order valence-electron chi connectivity index (χ0n) is 11.9. The summed E-state index contributed by atoms with van der Waals surface area (Å²) in [6.07, 6.45) is 3.02. The first-order valence-electron chi connectivity index (χ1n) is 6.97. The van der Waals surface area contributed by atoms with Crippen LogP contribution in [0.4, 0.5) is 0 Å². The van der Waals surface area contributed by atoms with E-state index in [9.17, 15) is 4.79 Å². The summed E-state index contributed by atoms with van der Waals surface area (Å²) in [5.74, 6) is -0.0156. The Morgan fingerprint density at radius 1 is 1.05 bits per heavy atom. The summed E-state index contributed by atoms with van der Waals surface area (Å²) in [5, 5.41) is 3.10. The molecule has 2 nitrogen and oxygen atoms in total. The van der Waals surface area contributed by atoms with Gasteiger partial charge in [0.15, 0.2) is 0 Å². The average molecular weight is 295 g/mol. The number of hydrogen-bond donors (Lipinski definition) is 1. The highest BCUT2D eigenvalue weighted by molar-refractivity contribution is 8.03. The van der Waals surface area contributed by atoms with Gasteiger partial charge in [0.2, 0.25) is 0 Å². The Morgan fingerprint density at radius 2 is 1.62 bits per heavy atom. The fourth-order valence-electron chi connectivity index (χ4n) is 2.40. The lowest BCUT2D eigenvalue weighted by Crippen LogP contribution is -2.48. The highest BCUT2D eigenvalue weighted by Gasteiger charge is 2.34. The molecular weight excluding hydrogens is 278 g/mol. The van der Waals surface area contributed by atoms with Gasteiger partial charge in [-0.25, -0.2) is 0 Å². The van der Waals surface area contributed by atoms with E-state index in [1.54, 1.807) is 11.8 Å². The first kappa shape index (κ1) is 14.0. The third-order valence-electron chi connectivity index (χ3n) is 3.45. The van der Waals surface area contributed by atoms with Crippen LogP contribution >= 0.6 is 11.8 Å². The number of nitrogens with one attached hydrogen (secondary N) is 1. The van der Waals surface area contributed by atoms with Gasteiger partial charge in [0, 0.05) is 16.9 Å². The zero-order chi connectivity index (χ0) is 14.7. The molecule has 0 aromatic heterocycles. The molecular formula is C18H17NOS. The quantitative estimate of drug-likeness (QED) is 0.913. The predicted molar refractivity (Wildman–Crippen MR) is 87.3 cm³/mol. The van der Waals surface area contributed by atoms with E-state index in [0.717, 1.165) is 6.42 Å². The number of hydrogen-bond acceptors (Lipinski definition) is 2. The molecule has 1 unspecified atom stereocenters. The van der Waals surface area contributed by atoms with Gasteiger partial charge in [0.1, 0.15) is 0 Å². The molecule has 1 atom stereocenters. The molecule has 0 spiro atoms. The molecule has 0 bridgehead atoms. The molecule has 3 rings (SSSR count). The van der Waals surface area contributed by atoms with Crippen LogP contribution < -0.4 is 5.32 Å². The molecule has 3 heteroatoms. The van der Waals surface area contributed by atoms with Crippen LogP contribution in [0.5, 0.6) is 0 Å². The summed E-state index contributed by atoms with van der Waals surface area (Å²) < 4.78 is 0. The standard InChI is InChI=1S/C18H17NOS/c1-18(19-17(20)14-8-4-2-5-9-14)12-16(13-18)21-15-10-6-3-7-11-15/h2-12H,13H2,1H3,(H,19,20). The predicted octanol–water partition coefficient (Wildman–Crippen LogP) is 4.26. The Balaban J connectivity index is 1.62. The summed E-state index contributed by atoms with van der Waals surface area (Å²) in [7, 11) is 0. The van der Waals surface area contributed by atoms with Crippen molar-refractivity contribution in [1.29, 1.82) is 0 Å². The Hall–Kier alpha value is -2.00. The van der Waals surface area contributed by atoms with E-state index in [2.05, 4.69) is 30.4 Å². The highest BCUT2D eigenvalue weighted by Crippen LogP contribution is 2.41. The number of carbonyl (C=O) groups excluding carboxylic acids is 1. The van der Waals surface area contributed by atoms with Crippen LogP contribution in [0.3, 0.4) is 0 Å². The first-order valence-corrected chi connectivity index (χ1v) is 7.78. The van der Waals surface area contributed by atoms with Crippen molar-refractivity contribution >= 4 is 17.7 Å². The van der Waals surface area contributed by atoms with Crippen molar-refractivity contribution in [3.8, 4) is 0 Å². The van der Waals surface area contributed by atoms with E-state index in [1.165, 1.54) is 9.80 Å². The van der Waals surface area contributed by atoms with Crippen LogP contribution in [0.2, 0.25) is 0 Å². The minimum Gasteiger partial charge on any atom is -0.343 e. The summed E-state index contributed by atoms with van der Waals surface area (Å²) in [6.45, 7) is 2.06. The molecule has 0 radical (unpaired) electrons. The minimum absolute atomic E-state index is 0.0156. The minimum atomic E-state index is -0.232. The van der Waals surface area contributed by atoms with Crippen molar-refractivity contribution in [3.63, 3.8) is 0 Å². The van der Waals surface area contributed by atoms with Crippen molar-refractivity contribution < 1.29 is 4.79 Å². The fourth-order valence-corrected chi connectivity index (χ4v) is 3.68. The molecule has 2 aromatic rings. The van der Waals surface area contributed by atoms with Crippen LogP contribution in [-0.2, 0) is 0 Å². The molecule has 1 aliphatic rings. The van der Waals surface area contributed by atoms with Gasteiger partial charge in [-0.15, -0.1) is 0 Å². The number of rotatable bonds is 4. The maximum absolute atomic E-state index is 12.2. The van der Waals surface area contributed by atoms with Crippen molar-refractivity contribution in [3.05, 3.63) is 77.2 Å². The number of benzene rings is 2. The number of amides is 1. The molecule has 2 aromatic carbocycles. The Labute approximate surface area is 129 Å². The average Bonchev–Trinajstić information content (AvgIpc) is 2.47. The van der Waals surface area contributed by atoms with E-state index in [-0.39, 0.29) is 11.4 Å². The molecule has 106 valence electrons. The van der Waals surface area contributed by atoms with Gasteiger partial charge in [-0.1, -0.05) is 48.2 Å². The topological polar surface area (TPSA) is 29.1 Å². The van der Waals surface area contributed by atoms with E-state index in [4.69, 9.17) is 0 Å². The van der Waals surface area contributed by atoms with E-state index in [0.29, 0.717) is 5.56 Å². The summed E-state index contributed by atoms with van der Waals surface area (Å²) >= 11 is 1.77. The second-order valence-corrected chi connectivity index (χ2v) is 6.64. The van der Waals surface area contributed by atoms with Gasteiger partial charge in [0.05, 0.1) is 5.54 Å². The lowest BCUT2D eigenvalue weighted by atomic mass is 9.87. The fraction of sp³-hybridized carbons (Fsp3) is 0.167. The normalized spacial score (nSPS) is 20.3. The Kier molecular flexibility index (Phi) is 3.84. The monoisotopic (exact) mass is 295 g/mol. The number of thioether (sulfide) groups is 1. The van der Waals surface area contributed by atoms with Crippen LogP contribution in [-0.4, -0.2) is 11.4 Å². The molecule has 0 saturated heterocycles. The Morgan fingerprint density at radius 3 is 2.24 bits per heavy atom. The van der Waals surface area contributed by atoms with Gasteiger partial charge in [0.25, 0.3) is 5.91 Å². The summed E-state index contributed by atoms with van der Waals surface area (Å²) in [4.78, 5) is 14.7. The van der Waals surface area contributed by atoms with E-state index >= 15 is 0 Å². The molecule has 0 heterocycles. The van der Waals surface area contributed by atoms with E-state index < -0.39 is 0 Å². The molecule has 0 saturated carbocycles. The lowest BCUT2D eigenvalue weighted by molar-refractivity contribution is 0.0917. The third kappa shape index (κ3) is 3.37. The summed E-state index contributed by atoms with van der Waals surface area (Å²) in [6, 6.07) is 19.6. The molecule has 1 N–H and O–H groups in total. The van der Waals surface area contributed by atoms with Gasteiger partial charge in [-0.2, -0.15) is 0 Å². The molecule has 0 aliphatic heterocycles. The van der Waals surface area contributed by atoms with Crippen molar-refractivity contribution in [2.24, 2.45) is 0 Å². The highest BCUT2D eigenvalue weighted by atomic mass is 32.2. The van der Waals surface area contributed by atoms with Gasteiger partial charge in [-0.3, -0.25) is 4.79 Å². The van der Waals surface area contributed by atoms with Crippen LogP contribution in [0.25, 0.3) is 0 Å². The summed E-state index contributed by atoms with van der Waals surface area (Å²) in [5.41, 5.74) is 0.473. The van der Waals surface area contributed by atoms with Crippen molar-refractivity contribution in [2.75, 3.05) is 0 Å². The van der Waals surface area contributed by atoms with Crippen molar-refractivity contribution in [1.82, 2.24) is 5.32 Å². The van der Waals surface area contributed by atoms with E-state index in [1.807, 2.05) is 48.5 Å². The van der Waals surface area contributed by atoms with Crippen LogP contribution in [0.15, 0.2) is 76.5 Å². The van der Waals surface area contributed by atoms with Gasteiger partial charge in [-0.05, 0) is 42.2 Å². The van der Waals surface area contributed by atoms with Gasteiger partial charge < -0.3 is 5.32 Å². The molecule has 21 heavy (non-hydrogen) atoms. The molecule has 1 aliphatic carbocycles. The van der Waals surface area contributed by atoms with Gasteiger partial charge >= 0.3 is 0 Å². The Bertz CT molecular complexity index is 666. The first-order chi connectivity index (χ1) is 10.1. The zero-order valence-corrected chi connectivity index (χ0v) is 12.7. The van der Waals surface area contributed by atoms with Crippen LogP contribution in [0, 0.1) is 0 Å². The maximum Gasteiger partial charge on any atom is 0.251 e. The largest absolute Gasteiger partial charge is 0.343 e. The second-order valence-electron chi connectivity index (χ2n) is 5.44. The number of carbonyl (C=O) groups is 1. The molecule has 1 amide bonds. The third-order valence-corrected chi connectivity index (χ3v) is 4.48. The van der Waals surface area contributed by atoms with Crippen LogP contribution in [0.1, 0.15) is 23.7 Å². The molecule has 0 fully saturated rings. The second kappa shape index (κ2) is 5.78. The maximum atomic E-state index is 12.2. The smallest absolute Gasteiger partial charge is 0.251 e. The van der Waals surface area contributed by atoms with Crippen molar-refractivity contribution in [2.45, 2.75) is 23.8 Å². The SMILES string of the molecule is CC1(NC(=O)c2ccccc2)C=C(Sc2ccccc2)C1. The lowest BCUT2D eigenvalue weighted by Gasteiger charge is -2.37.